The van der Waals surface area contributed by atoms with Crippen molar-refractivity contribution in [3.8, 4) is 0 Å². The Morgan fingerprint density at radius 1 is 1.22 bits per heavy atom. The average molecular weight is 316 g/mol. The van der Waals surface area contributed by atoms with Crippen molar-refractivity contribution in [3.63, 3.8) is 0 Å². The Morgan fingerprint density at radius 3 is 2.52 bits per heavy atom. The molecule has 1 amide bonds. The molecule has 1 aliphatic carbocycles. The summed E-state index contributed by atoms with van der Waals surface area (Å²) in [6, 6.07) is 8.61. The van der Waals surface area contributed by atoms with Gasteiger partial charge in [-0.1, -0.05) is 31.2 Å². The molecular weight excluding hydrogens is 288 g/mol. The lowest BCUT2D eigenvalue weighted by atomic mass is 9.77. The lowest BCUT2D eigenvalue weighted by Gasteiger charge is -2.35. The van der Waals surface area contributed by atoms with Gasteiger partial charge in [0, 0.05) is 26.6 Å². The first-order chi connectivity index (χ1) is 11.1. The van der Waals surface area contributed by atoms with Crippen molar-refractivity contribution in [1.82, 2.24) is 10.2 Å². The van der Waals surface area contributed by atoms with Gasteiger partial charge in [-0.2, -0.15) is 0 Å². The number of hydrogen-bond donors (Lipinski definition) is 2. The maximum absolute atomic E-state index is 11.3. The molecule has 1 heterocycles. The molecule has 1 aromatic carbocycles. The fraction of sp³-hybridized carbons (Fsp3) is 0.632. The van der Waals surface area contributed by atoms with Gasteiger partial charge in [-0.25, -0.2) is 0 Å². The van der Waals surface area contributed by atoms with Crippen LogP contribution in [0.25, 0.3) is 0 Å². The quantitative estimate of drug-likeness (QED) is 0.893. The van der Waals surface area contributed by atoms with Crippen molar-refractivity contribution in [2.45, 2.75) is 51.8 Å². The van der Waals surface area contributed by atoms with Crippen molar-refractivity contribution in [2.24, 2.45) is 11.8 Å². The minimum Gasteiger partial charge on any atom is -0.391 e. The van der Waals surface area contributed by atoms with Gasteiger partial charge in [-0.05, 0) is 42.2 Å². The zero-order valence-corrected chi connectivity index (χ0v) is 14.2. The SMILES string of the molecule is CCc1ccccc1CN1C[C@H]2C[C@@H](NC(C)=O)[C@H](O)C[C@H]2C1. The Bertz CT molecular complexity index is 560. The number of hydrogen-bond acceptors (Lipinski definition) is 3. The van der Waals surface area contributed by atoms with Crippen molar-refractivity contribution in [2.75, 3.05) is 13.1 Å². The average Bonchev–Trinajstić information content (AvgIpc) is 2.89. The van der Waals surface area contributed by atoms with Gasteiger partial charge in [0.2, 0.25) is 5.91 Å². The Labute approximate surface area is 138 Å². The molecule has 1 saturated carbocycles. The zero-order valence-electron chi connectivity index (χ0n) is 14.2. The third-order valence-corrected chi connectivity index (χ3v) is 5.50. The van der Waals surface area contributed by atoms with Crippen LogP contribution in [0.15, 0.2) is 24.3 Å². The highest BCUT2D eigenvalue weighted by molar-refractivity contribution is 5.73. The number of nitrogens with one attached hydrogen (secondary N) is 1. The van der Waals surface area contributed by atoms with E-state index in [2.05, 4.69) is 41.4 Å². The van der Waals surface area contributed by atoms with Crippen LogP contribution in [-0.4, -0.2) is 41.1 Å². The van der Waals surface area contributed by atoms with E-state index < -0.39 is 6.10 Å². The fourth-order valence-corrected chi connectivity index (χ4v) is 4.37. The van der Waals surface area contributed by atoms with E-state index in [1.54, 1.807) is 0 Å². The number of aryl methyl sites for hydroxylation is 1. The summed E-state index contributed by atoms with van der Waals surface area (Å²) in [4.78, 5) is 13.8. The van der Waals surface area contributed by atoms with Gasteiger partial charge >= 0.3 is 0 Å². The maximum atomic E-state index is 11.3. The zero-order chi connectivity index (χ0) is 16.4. The topological polar surface area (TPSA) is 52.6 Å². The minimum absolute atomic E-state index is 0.0424. The molecule has 2 fully saturated rings. The van der Waals surface area contributed by atoms with Gasteiger partial charge in [0.25, 0.3) is 0 Å². The van der Waals surface area contributed by atoms with Crippen LogP contribution in [-0.2, 0) is 17.8 Å². The molecule has 3 rings (SSSR count). The van der Waals surface area contributed by atoms with Gasteiger partial charge in [0.1, 0.15) is 0 Å². The van der Waals surface area contributed by atoms with Crippen molar-refractivity contribution >= 4 is 5.91 Å². The highest BCUT2D eigenvalue weighted by atomic mass is 16.3. The number of aliphatic hydroxyl groups excluding tert-OH is 1. The monoisotopic (exact) mass is 316 g/mol. The number of rotatable bonds is 4. The predicted molar refractivity (Wildman–Crippen MR) is 90.9 cm³/mol. The summed E-state index contributed by atoms with van der Waals surface area (Å²) in [7, 11) is 0. The molecule has 23 heavy (non-hydrogen) atoms. The van der Waals surface area contributed by atoms with Gasteiger partial charge in [-0.15, -0.1) is 0 Å². The molecule has 4 nitrogen and oxygen atoms in total. The Morgan fingerprint density at radius 2 is 1.87 bits per heavy atom. The summed E-state index contributed by atoms with van der Waals surface area (Å²) in [6.07, 6.45) is 2.38. The van der Waals surface area contributed by atoms with E-state index in [0.29, 0.717) is 11.8 Å². The molecule has 2 aliphatic rings. The molecule has 0 aromatic heterocycles. The first-order valence-electron chi connectivity index (χ1n) is 8.81. The summed E-state index contributed by atoms with van der Waals surface area (Å²) in [6.45, 7) is 6.87. The highest BCUT2D eigenvalue weighted by Crippen LogP contribution is 2.37. The molecule has 0 bridgehead atoms. The maximum Gasteiger partial charge on any atom is 0.217 e. The molecule has 4 atom stereocenters. The summed E-state index contributed by atoms with van der Waals surface area (Å²) >= 11 is 0. The van der Waals surface area contributed by atoms with E-state index in [4.69, 9.17) is 0 Å². The smallest absolute Gasteiger partial charge is 0.217 e. The molecule has 1 aliphatic heterocycles. The van der Waals surface area contributed by atoms with Crippen molar-refractivity contribution in [1.29, 1.82) is 0 Å². The Hall–Kier alpha value is -1.39. The van der Waals surface area contributed by atoms with Gasteiger partial charge in [0.15, 0.2) is 0 Å². The summed E-state index contributed by atoms with van der Waals surface area (Å²) in [5.41, 5.74) is 2.85. The fourth-order valence-electron chi connectivity index (χ4n) is 4.37. The van der Waals surface area contributed by atoms with Crippen LogP contribution >= 0.6 is 0 Å². The first kappa shape index (κ1) is 16.5. The molecule has 0 spiro atoms. The van der Waals surface area contributed by atoms with Crippen LogP contribution < -0.4 is 5.32 Å². The summed E-state index contributed by atoms with van der Waals surface area (Å²) < 4.78 is 0. The second-order valence-electron chi connectivity index (χ2n) is 7.18. The lowest BCUT2D eigenvalue weighted by molar-refractivity contribution is -0.121. The number of likely N-dealkylation sites (tertiary alicyclic amines) is 1. The van der Waals surface area contributed by atoms with Crippen LogP contribution in [0.3, 0.4) is 0 Å². The van der Waals surface area contributed by atoms with Crippen LogP contribution in [0.1, 0.15) is 37.8 Å². The number of aliphatic hydroxyl groups is 1. The van der Waals surface area contributed by atoms with Gasteiger partial charge in [0.05, 0.1) is 12.1 Å². The molecule has 1 aromatic rings. The molecule has 1 saturated heterocycles. The molecule has 4 heteroatoms. The lowest BCUT2D eigenvalue weighted by Crippen LogP contribution is -2.48. The minimum atomic E-state index is -0.400. The third kappa shape index (κ3) is 3.75. The number of amides is 1. The third-order valence-electron chi connectivity index (χ3n) is 5.50. The van der Waals surface area contributed by atoms with Crippen LogP contribution in [0.5, 0.6) is 0 Å². The summed E-state index contributed by atoms with van der Waals surface area (Å²) in [5.74, 6) is 1.10. The molecule has 126 valence electrons. The van der Waals surface area contributed by atoms with E-state index in [1.165, 1.54) is 18.1 Å². The van der Waals surface area contributed by atoms with Gasteiger partial charge in [-0.3, -0.25) is 9.69 Å². The normalized spacial score (nSPS) is 30.9. The number of benzene rings is 1. The van der Waals surface area contributed by atoms with Crippen molar-refractivity contribution < 1.29 is 9.90 Å². The second kappa shape index (κ2) is 7.02. The standard InChI is InChI=1S/C19H28N2O2/c1-3-14-6-4-5-7-15(14)10-21-11-16-8-18(20-13(2)22)19(23)9-17(16)12-21/h4-7,16-19,23H,3,8-12H2,1-2H3,(H,20,22)/t16-,17+,18-,19-/m1/s1. The molecule has 2 N–H and O–H groups in total. The number of carbonyl (C=O) groups is 1. The van der Waals surface area contributed by atoms with E-state index >= 15 is 0 Å². The van der Waals surface area contributed by atoms with E-state index in [-0.39, 0.29) is 11.9 Å². The second-order valence-corrected chi connectivity index (χ2v) is 7.18. The van der Waals surface area contributed by atoms with E-state index in [9.17, 15) is 9.90 Å². The summed E-state index contributed by atoms with van der Waals surface area (Å²) in [5, 5.41) is 13.2. The highest BCUT2D eigenvalue weighted by Gasteiger charge is 2.41. The van der Waals surface area contributed by atoms with E-state index in [1.807, 2.05) is 0 Å². The van der Waals surface area contributed by atoms with E-state index in [0.717, 1.165) is 38.9 Å². The van der Waals surface area contributed by atoms with Crippen LogP contribution in [0, 0.1) is 11.8 Å². The number of nitrogens with zero attached hydrogens (tertiary/aromatic N) is 1. The van der Waals surface area contributed by atoms with Crippen molar-refractivity contribution in [3.05, 3.63) is 35.4 Å². The molecular formula is C19H28N2O2. The van der Waals surface area contributed by atoms with Crippen LogP contribution in [0.2, 0.25) is 0 Å². The molecule has 0 unspecified atom stereocenters. The van der Waals surface area contributed by atoms with Crippen LogP contribution in [0.4, 0.5) is 0 Å². The van der Waals surface area contributed by atoms with Gasteiger partial charge < -0.3 is 10.4 Å². The number of fused-ring (bicyclic) bond motifs is 1. The Kier molecular flexibility index (Phi) is 5.02. The predicted octanol–water partition coefficient (Wildman–Crippen LogP) is 1.96. The number of carbonyl (C=O) groups excluding carboxylic acids is 1. The Balaban J connectivity index is 1.63. The first-order valence-corrected chi connectivity index (χ1v) is 8.81. The largest absolute Gasteiger partial charge is 0.391 e. The molecule has 0 radical (unpaired) electrons.